The molecule has 1 saturated heterocycles. The Kier molecular flexibility index (Phi) is 6.66. The summed E-state index contributed by atoms with van der Waals surface area (Å²) in [4.78, 5) is 28.3. The Morgan fingerprint density at radius 1 is 1.05 bits per heavy atom. The number of aliphatic hydroxyl groups excluding tert-OH is 1. The Labute approximate surface area is 232 Å². The Morgan fingerprint density at radius 2 is 1.85 bits per heavy atom. The first-order valence-corrected chi connectivity index (χ1v) is 13.4. The van der Waals surface area contributed by atoms with Gasteiger partial charge in [-0.2, -0.15) is 10.2 Å². The van der Waals surface area contributed by atoms with E-state index < -0.39 is 11.7 Å². The van der Waals surface area contributed by atoms with Crippen molar-refractivity contribution in [3.63, 3.8) is 0 Å². The molecule has 0 aliphatic carbocycles. The van der Waals surface area contributed by atoms with Gasteiger partial charge in [-0.3, -0.25) is 19.2 Å². The first kappa shape index (κ1) is 25.9. The van der Waals surface area contributed by atoms with Crippen LogP contribution in [-0.4, -0.2) is 54.7 Å². The number of amides is 1. The number of β-amino-alcohol motifs (C(OH)–C–C–N with tert-alkyl or cyclic N) is 1. The van der Waals surface area contributed by atoms with Crippen LogP contribution in [0.5, 0.6) is 0 Å². The highest BCUT2D eigenvalue weighted by Crippen LogP contribution is 2.29. The van der Waals surface area contributed by atoms with E-state index in [1.54, 1.807) is 22.9 Å². The molecular formula is C28H26FN7O3S. The smallest absolute Gasteiger partial charge is 0.290 e. The fourth-order valence-corrected chi connectivity index (χ4v) is 5.61. The van der Waals surface area contributed by atoms with Crippen LogP contribution in [0.1, 0.15) is 15.4 Å². The van der Waals surface area contributed by atoms with Crippen molar-refractivity contribution in [2.75, 3.05) is 23.7 Å². The van der Waals surface area contributed by atoms with Crippen molar-refractivity contribution in [3.05, 3.63) is 87.4 Å². The fraction of sp³-hybridized carbons (Fsp3) is 0.214. The molecule has 10 nitrogen and oxygen atoms in total. The minimum absolute atomic E-state index is 0.00981. The summed E-state index contributed by atoms with van der Waals surface area (Å²) in [5.74, 6) is -0.507. The molecule has 0 atom stereocenters. The molecule has 12 heteroatoms. The highest BCUT2D eigenvalue weighted by atomic mass is 32.1. The molecule has 1 amide bonds. The number of thiophene rings is 1. The van der Waals surface area contributed by atoms with Gasteiger partial charge in [-0.1, -0.05) is 18.2 Å². The van der Waals surface area contributed by atoms with Crippen LogP contribution in [0.2, 0.25) is 0 Å². The summed E-state index contributed by atoms with van der Waals surface area (Å²) < 4.78 is 18.6. The van der Waals surface area contributed by atoms with E-state index in [0.29, 0.717) is 41.6 Å². The largest absolute Gasteiger partial charge is 0.390 e. The molecule has 3 N–H and O–H groups in total. The Hall–Kier alpha value is -4.39. The van der Waals surface area contributed by atoms with Gasteiger partial charge >= 0.3 is 0 Å². The predicted molar refractivity (Wildman–Crippen MR) is 152 cm³/mol. The lowest BCUT2D eigenvalue weighted by Crippen LogP contribution is -2.50. The lowest BCUT2D eigenvalue weighted by atomic mass is 10.1. The van der Waals surface area contributed by atoms with Gasteiger partial charge in [0.25, 0.3) is 11.5 Å². The summed E-state index contributed by atoms with van der Waals surface area (Å²) >= 11 is 1.33. The van der Waals surface area contributed by atoms with E-state index in [9.17, 15) is 19.1 Å². The molecule has 0 radical (unpaired) electrons. The number of nitrogens with zero attached hydrogens (tertiary/aromatic N) is 5. The zero-order valence-electron chi connectivity index (χ0n) is 21.8. The Balaban J connectivity index is 1.25. The molecular weight excluding hydrogens is 533 g/mol. The van der Waals surface area contributed by atoms with Crippen LogP contribution in [0.25, 0.3) is 21.3 Å². The van der Waals surface area contributed by atoms with Gasteiger partial charge < -0.3 is 15.7 Å². The second kappa shape index (κ2) is 10.3. The fourth-order valence-electron chi connectivity index (χ4n) is 4.65. The van der Waals surface area contributed by atoms with Crippen LogP contribution >= 0.6 is 11.3 Å². The van der Waals surface area contributed by atoms with Crippen LogP contribution in [-0.2, 0) is 20.6 Å². The Bertz CT molecular complexity index is 1770. The van der Waals surface area contributed by atoms with Crippen molar-refractivity contribution in [1.29, 1.82) is 0 Å². The second-order valence-electron chi connectivity index (χ2n) is 9.79. The molecule has 204 valence electrons. The van der Waals surface area contributed by atoms with E-state index in [2.05, 4.69) is 25.7 Å². The summed E-state index contributed by atoms with van der Waals surface area (Å²) in [6.07, 6.45) is -0.291. The average Bonchev–Trinajstić information content (AvgIpc) is 3.50. The maximum absolute atomic E-state index is 14.7. The molecule has 0 unspecified atom stereocenters. The highest BCUT2D eigenvalue weighted by Gasteiger charge is 2.25. The number of rotatable bonds is 7. The average molecular weight is 560 g/mol. The number of carbonyl (C=O) groups excluding carboxylic acids is 1. The zero-order valence-corrected chi connectivity index (χ0v) is 22.6. The van der Waals surface area contributed by atoms with Gasteiger partial charge in [0.15, 0.2) is 5.82 Å². The lowest BCUT2D eigenvalue weighted by Gasteiger charge is -2.35. The third kappa shape index (κ3) is 5.11. The van der Waals surface area contributed by atoms with Crippen molar-refractivity contribution < 1.29 is 14.3 Å². The monoisotopic (exact) mass is 559 g/mol. The molecule has 0 bridgehead atoms. The number of fused-ring (bicyclic) bond motifs is 1. The van der Waals surface area contributed by atoms with E-state index in [-0.39, 0.29) is 23.0 Å². The number of aryl methyl sites for hydroxylation is 2. The van der Waals surface area contributed by atoms with E-state index in [0.717, 1.165) is 15.8 Å². The van der Waals surface area contributed by atoms with Crippen LogP contribution in [0, 0.1) is 5.82 Å². The van der Waals surface area contributed by atoms with E-state index >= 15 is 0 Å². The number of hydrogen-bond acceptors (Lipinski definition) is 8. The first-order chi connectivity index (χ1) is 19.2. The molecule has 1 aliphatic rings. The molecule has 0 saturated carbocycles. The minimum Gasteiger partial charge on any atom is -0.390 e. The maximum atomic E-state index is 14.7. The van der Waals surface area contributed by atoms with Crippen LogP contribution in [0.15, 0.2) is 65.5 Å². The van der Waals surface area contributed by atoms with Gasteiger partial charge in [0.2, 0.25) is 0 Å². The predicted octanol–water partition coefficient (Wildman–Crippen LogP) is 3.71. The minimum atomic E-state index is -0.586. The number of aliphatic hydroxyl groups is 1. The second-order valence-corrected chi connectivity index (χ2v) is 10.9. The molecule has 1 aliphatic heterocycles. The van der Waals surface area contributed by atoms with Crippen LogP contribution < -0.4 is 16.2 Å². The third-order valence-corrected chi connectivity index (χ3v) is 7.90. The van der Waals surface area contributed by atoms with Crippen LogP contribution in [0.3, 0.4) is 0 Å². The molecule has 40 heavy (non-hydrogen) atoms. The van der Waals surface area contributed by atoms with Gasteiger partial charge in [0.05, 0.1) is 28.1 Å². The van der Waals surface area contributed by atoms with Gasteiger partial charge in [-0.15, -0.1) is 11.3 Å². The van der Waals surface area contributed by atoms with Gasteiger partial charge in [0.1, 0.15) is 11.5 Å². The van der Waals surface area contributed by atoms with Gasteiger partial charge in [0, 0.05) is 50.1 Å². The van der Waals surface area contributed by atoms with Gasteiger partial charge in [-0.05, 0) is 41.8 Å². The molecule has 5 aromatic rings. The normalized spacial score (nSPS) is 13.9. The number of nitrogens with one attached hydrogen (secondary N) is 2. The SMILES string of the molecule is Cn1nc(Nc2cc(-c3ccc(F)c(NC(=O)c4cc5ccccc5s4)c3)nn(C)c2=O)cc1CN1CC(O)C1. The van der Waals surface area contributed by atoms with Crippen molar-refractivity contribution in [3.8, 4) is 11.3 Å². The highest BCUT2D eigenvalue weighted by molar-refractivity contribution is 7.20. The number of halogens is 1. The summed E-state index contributed by atoms with van der Waals surface area (Å²) in [5, 5.41) is 25.0. The van der Waals surface area contributed by atoms with Crippen molar-refractivity contribution in [2.45, 2.75) is 12.6 Å². The number of carbonyl (C=O) groups is 1. The molecule has 2 aromatic carbocycles. The number of hydrogen-bond donors (Lipinski definition) is 3. The molecule has 1 fully saturated rings. The van der Waals surface area contributed by atoms with E-state index in [1.807, 2.05) is 37.4 Å². The quantitative estimate of drug-likeness (QED) is 0.278. The molecule has 3 aromatic heterocycles. The summed E-state index contributed by atoms with van der Waals surface area (Å²) in [6, 6.07) is 17.2. The van der Waals surface area contributed by atoms with Crippen molar-refractivity contribution in [1.82, 2.24) is 24.5 Å². The van der Waals surface area contributed by atoms with Gasteiger partial charge in [-0.25, -0.2) is 9.07 Å². The molecule has 6 rings (SSSR count). The number of aromatic nitrogens is 4. The van der Waals surface area contributed by atoms with E-state index in [1.165, 1.54) is 35.2 Å². The van der Waals surface area contributed by atoms with E-state index in [4.69, 9.17) is 0 Å². The first-order valence-electron chi connectivity index (χ1n) is 12.6. The zero-order chi connectivity index (χ0) is 28.0. The van der Waals surface area contributed by atoms with Crippen molar-refractivity contribution >= 4 is 44.5 Å². The third-order valence-electron chi connectivity index (χ3n) is 6.79. The number of benzene rings is 2. The topological polar surface area (TPSA) is 117 Å². The Morgan fingerprint density at radius 3 is 2.62 bits per heavy atom. The summed E-state index contributed by atoms with van der Waals surface area (Å²) in [7, 11) is 3.35. The van der Waals surface area contributed by atoms with Crippen LogP contribution in [0.4, 0.5) is 21.6 Å². The number of likely N-dealkylation sites (tertiary alicyclic amines) is 1. The standard InChI is InChI=1S/C28H26FN7O3S/c1-34-18(13-36-14-19(37)15-36)11-26(33-34)30-23-12-21(32-35(2)28(23)39)16-7-8-20(29)22(9-16)31-27(38)25-10-17-5-3-4-6-24(17)40-25/h3-12,19,37H,13-15H2,1-2H3,(H,30,33)(H,31,38). The maximum Gasteiger partial charge on any atom is 0.290 e. The summed E-state index contributed by atoms with van der Waals surface area (Å²) in [5.41, 5.74) is 1.75. The summed E-state index contributed by atoms with van der Waals surface area (Å²) in [6.45, 7) is 1.87. The lowest BCUT2D eigenvalue weighted by molar-refractivity contribution is -0.00413. The number of anilines is 3. The molecule has 4 heterocycles. The molecule has 0 spiro atoms. The van der Waals surface area contributed by atoms with Crippen molar-refractivity contribution in [2.24, 2.45) is 14.1 Å².